The number of hydrogen-bond donors (Lipinski definition) is 2. The second-order valence-electron chi connectivity index (χ2n) is 5.49. The van der Waals surface area contributed by atoms with Crippen molar-refractivity contribution in [3.8, 4) is 0 Å². The number of piperazine rings is 1. The zero-order valence-electron chi connectivity index (χ0n) is 13.5. The maximum absolute atomic E-state index is 11.5. The van der Waals surface area contributed by atoms with E-state index in [0.717, 1.165) is 45.0 Å². The highest BCUT2D eigenvalue weighted by molar-refractivity contribution is 5.92. The molecule has 5 nitrogen and oxygen atoms in total. The summed E-state index contributed by atoms with van der Waals surface area (Å²) in [7, 11) is 1.76. The van der Waals surface area contributed by atoms with E-state index in [1.54, 1.807) is 7.05 Å². The molecule has 6 heteroatoms. The summed E-state index contributed by atoms with van der Waals surface area (Å²) in [6.07, 6.45) is 0. The summed E-state index contributed by atoms with van der Waals surface area (Å²) in [5, 5.41) is 5.70. The van der Waals surface area contributed by atoms with E-state index in [-0.39, 0.29) is 18.3 Å². The summed E-state index contributed by atoms with van der Waals surface area (Å²) in [4.78, 5) is 16.5. The number of amides is 1. The predicted molar refractivity (Wildman–Crippen MR) is 93.6 cm³/mol. The number of hydrogen-bond acceptors (Lipinski definition) is 4. The summed E-state index contributed by atoms with van der Waals surface area (Å²) in [5.74, 6) is -0.0130. The zero-order valence-corrected chi connectivity index (χ0v) is 14.3. The number of rotatable bonds is 6. The van der Waals surface area contributed by atoms with Gasteiger partial charge in [-0.3, -0.25) is 9.69 Å². The third-order valence-electron chi connectivity index (χ3n) is 3.89. The summed E-state index contributed by atoms with van der Waals surface area (Å²) in [6.45, 7) is 9.28. The molecule has 124 valence electrons. The van der Waals surface area contributed by atoms with Crippen LogP contribution in [-0.2, 0) is 11.3 Å². The Morgan fingerprint density at radius 3 is 2.23 bits per heavy atom. The lowest BCUT2D eigenvalue weighted by Crippen LogP contribution is -2.45. The fourth-order valence-electron chi connectivity index (χ4n) is 2.58. The van der Waals surface area contributed by atoms with E-state index < -0.39 is 0 Å². The molecule has 0 saturated carbocycles. The Hall–Kier alpha value is -1.14. The smallest absolute Gasteiger partial charge is 0.238 e. The summed E-state index contributed by atoms with van der Waals surface area (Å²) >= 11 is 0. The second kappa shape index (κ2) is 9.79. The lowest BCUT2D eigenvalue weighted by molar-refractivity contribution is -0.115. The minimum Gasteiger partial charge on any atom is -0.325 e. The van der Waals surface area contributed by atoms with Gasteiger partial charge in [-0.2, -0.15) is 0 Å². The number of carbonyl (C=O) groups is 1. The van der Waals surface area contributed by atoms with Crippen molar-refractivity contribution in [2.75, 3.05) is 51.6 Å². The average molecular weight is 327 g/mol. The first-order valence-electron chi connectivity index (χ1n) is 7.69. The van der Waals surface area contributed by atoms with Gasteiger partial charge in [-0.1, -0.05) is 19.1 Å². The fourth-order valence-corrected chi connectivity index (χ4v) is 2.58. The largest absolute Gasteiger partial charge is 0.325 e. The monoisotopic (exact) mass is 326 g/mol. The van der Waals surface area contributed by atoms with E-state index in [2.05, 4.69) is 39.5 Å². The fraction of sp³-hybridized carbons (Fsp3) is 0.562. The van der Waals surface area contributed by atoms with Crippen molar-refractivity contribution >= 4 is 24.0 Å². The molecule has 0 aliphatic carbocycles. The van der Waals surface area contributed by atoms with Gasteiger partial charge in [-0.15, -0.1) is 12.4 Å². The minimum absolute atomic E-state index is 0. The van der Waals surface area contributed by atoms with Crippen LogP contribution in [0.2, 0.25) is 0 Å². The number of likely N-dealkylation sites (N-methyl/N-ethyl adjacent to an activating group) is 2. The second-order valence-corrected chi connectivity index (χ2v) is 5.49. The molecule has 2 N–H and O–H groups in total. The molecular weight excluding hydrogens is 300 g/mol. The van der Waals surface area contributed by atoms with Gasteiger partial charge in [0.15, 0.2) is 0 Å². The van der Waals surface area contributed by atoms with Crippen LogP contribution in [0.3, 0.4) is 0 Å². The van der Waals surface area contributed by atoms with Gasteiger partial charge in [-0.25, -0.2) is 0 Å². The van der Waals surface area contributed by atoms with Crippen LogP contribution in [0.25, 0.3) is 0 Å². The normalized spacial score (nSPS) is 16.1. The Morgan fingerprint density at radius 1 is 1.09 bits per heavy atom. The van der Waals surface area contributed by atoms with E-state index in [9.17, 15) is 4.79 Å². The minimum atomic E-state index is -0.0130. The van der Waals surface area contributed by atoms with Crippen LogP contribution in [0.5, 0.6) is 0 Å². The van der Waals surface area contributed by atoms with E-state index in [4.69, 9.17) is 0 Å². The van der Waals surface area contributed by atoms with Gasteiger partial charge < -0.3 is 15.5 Å². The van der Waals surface area contributed by atoms with Crippen molar-refractivity contribution in [1.82, 2.24) is 15.1 Å². The Labute approximate surface area is 139 Å². The lowest BCUT2D eigenvalue weighted by atomic mass is 10.1. The van der Waals surface area contributed by atoms with Gasteiger partial charge in [0.1, 0.15) is 0 Å². The van der Waals surface area contributed by atoms with E-state index >= 15 is 0 Å². The molecule has 0 radical (unpaired) electrons. The van der Waals surface area contributed by atoms with Crippen LogP contribution in [0.1, 0.15) is 12.5 Å². The molecule has 1 aromatic rings. The molecule has 1 aliphatic heterocycles. The Morgan fingerprint density at radius 2 is 1.68 bits per heavy atom. The number of anilines is 1. The van der Waals surface area contributed by atoms with Crippen LogP contribution in [0, 0.1) is 0 Å². The predicted octanol–water partition coefficient (Wildman–Crippen LogP) is 1.40. The van der Waals surface area contributed by atoms with Crippen LogP contribution < -0.4 is 10.6 Å². The Kier molecular flexibility index (Phi) is 8.42. The van der Waals surface area contributed by atoms with E-state index in [1.165, 1.54) is 5.56 Å². The van der Waals surface area contributed by atoms with Crippen molar-refractivity contribution in [2.24, 2.45) is 0 Å². The molecule has 0 spiro atoms. The summed E-state index contributed by atoms with van der Waals surface area (Å²) < 4.78 is 0. The van der Waals surface area contributed by atoms with Gasteiger partial charge >= 0.3 is 0 Å². The summed E-state index contributed by atoms with van der Waals surface area (Å²) in [6, 6.07) is 8.15. The highest BCUT2D eigenvalue weighted by Gasteiger charge is 2.15. The van der Waals surface area contributed by atoms with Crippen molar-refractivity contribution < 1.29 is 4.79 Å². The molecule has 1 aromatic carbocycles. The first kappa shape index (κ1) is 18.9. The first-order valence-corrected chi connectivity index (χ1v) is 7.69. The maximum atomic E-state index is 11.5. The molecule has 1 saturated heterocycles. The van der Waals surface area contributed by atoms with Crippen molar-refractivity contribution in [1.29, 1.82) is 0 Å². The third kappa shape index (κ3) is 5.93. The maximum Gasteiger partial charge on any atom is 0.238 e. The zero-order chi connectivity index (χ0) is 15.1. The molecule has 1 fully saturated rings. The topological polar surface area (TPSA) is 47.6 Å². The van der Waals surface area contributed by atoms with Crippen molar-refractivity contribution in [2.45, 2.75) is 13.5 Å². The highest BCUT2D eigenvalue weighted by Crippen LogP contribution is 2.12. The number of nitrogens with zero attached hydrogens (tertiary/aromatic N) is 2. The molecule has 1 aliphatic rings. The average Bonchev–Trinajstić information content (AvgIpc) is 2.50. The van der Waals surface area contributed by atoms with Crippen LogP contribution in [-0.4, -0.2) is 62.0 Å². The van der Waals surface area contributed by atoms with E-state index in [0.29, 0.717) is 6.54 Å². The Bertz CT molecular complexity index is 444. The van der Waals surface area contributed by atoms with Gasteiger partial charge in [0, 0.05) is 38.4 Å². The molecule has 0 aromatic heterocycles. The molecular formula is C16H27ClN4O. The van der Waals surface area contributed by atoms with Gasteiger partial charge in [0.25, 0.3) is 0 Å². The standard InChI is InChI=1S/C16H26N4O.ClH/c1-3-19-8-10-20(11-9-19)13-14-4-6-15(7-5-14)18-16(21)12-17-2;/h4-7,17H,3,8-13H2,1-2H3,(H,18,21);1H. The van der Waals surface area contributed by atoms with Crippen molar-refractivity contribution in [3.63, 3.8) is 0 Å². The number of benzene rings is 1. The van der Waals surface area contributed by atoms with E-state index in [1.807, 2.05) is 12.1 Å². The molecule has 2 rings (SSSR count). The Balaban J connectivity index is 0.00000242. The molecule has 0 bridgehead atoms. The van der Waals surface area contributed by atoms with Crippen LogP contribution in [0.15, 0.2) is 24.3 Å². The van der Waals surface area contributed by atoms with Crippen LogP contribution in [0.4, 0.5) is 5.69 Å². The molecule has 1 heterocycles. The van der Waals surface area contributed by atoms with Crippen LogP contribution >= 0.6 is 12.4 Å². The molecule has 0 unspecified atom stereocenters. The molecule has 22 heavy (non-hydrogen) atoms. The quantitative estimate of drug-likeness (QED) is 0.829. The SMILES string of the molecule is CCN1CCN(Cc2ccc(NC(=O)CNC)cc2)CC1.Cl. The van der Waals surface area contributed by atoms with Gasteiger partial charge in [0.05, 0.1) is 6.54 Å². The number of halogens is 1. The van der Waals surface area contributed by atoms with Gasteiger partial charge in [0.2, 0.25) is 5.91 Å². The molecule has 1 amide bonds. The third-order valence-corrected chi connectivity index (χ3v) is 3.89. The summed E-state index contributed by atoms with van der Waals surface area (Å²) in [5.41, 5.74) is 2.15. The molecule has 0 atom stereocenters. The number of carbonyl (C=O) groups excluding carboxylic acids is 1. The lowest BCUT2D eigenvalue weighted by Gasteiger charge is -2.34. The van der Waals surface area contributed by atoms with Crippen molar-refractivity contribution in [3.05, 3.63) is 29.8 Å². The number of nitrogens with one attached hydrogen (secondary N) is 2. The van der Waals surface area contributed by atoms with Gasteiger partial charge in [-0.05, 0) is 31.3 Å². The first-order chi connectivity index (χ1) is 10.2. The highest BCUT2D eigenvalue weighted by atomic mass is 35.5.